The molecule has 33 heavy (non-hydrogen) atoms. The molecule has 3 heterocycles. The number of piperidine rings is 1. The number of nitrogens with one attached hydrogen (secondary N) is 1. The zero-order valence-corrected chi connectivity index (χ0v) is 18.9. The molecule has 0 aliphatic carbocycles. The van der Waals surface area contributed by atoms with Crippen molar-refractivity contribution in [3.63, 3.8) is 0 Å². The van der Waals surface area contributed by atoms with Crippen LogP contribution in [-0.4, -0.2) is 66.1 Å². The molecule has 0 radical (unpaired) electrons. The Kier molecular flexibility index (Phi) is 6.69. The lowest BCUT2D eigenvalue weighted by Gasteiger charge is -2.44. The van der Waals surface area contributed by atoms with Gasteiger partial charge in [0.2, 0.25) is 11.8 Å². The van der Waals surface area contributed by atoms with Gasteiger partial charge in [-0.1, -0.05) is 6.92 Å². The van der Waals surface area contributed by atoms with Crippen LogP contribution in [0.15, 0.2) is 47.1 Å². The molecule has 1 unspecified atom stereocenters. The Hall–Kier alpha value is -3.33. The van der Waals surface area contributed by atoms with Crippen molar-refractivity contribution in [1.82, 2.24) is 15.1 Å². The second-order valence-corrected chi connectivity index (χ2v) is 8.21. The molecule has 3 amide bonds. The highest BCUT2D eigenvalue weighted by atomic mass is 16.5. The Balaban J connectivity index is 1.57. The van der Waals surface area contributed by atoms with E-state index in [0.717, 1.165) is 0 Å². The third-order valence-corrected chi connectivity index (χ3v) is 6.34. The van der Waals surface area contributed by atoms with E-state index in [1.54, 1.807) is 59.6 Å². The van der Waals surface area contributed by atoms with Gasteiger partial charge in [0.1, 0.15) is 23.3 Å². The van der Waals surface area contributed by atoms with Crippen molar-refractivity contribution in [1.29, 1.82) is 0 Å². The number of furan rings is 1. The van der Waals surface area contributed by atoms with Crippen LogP contribution in [0.3, 0.4) is 0 Å². The predicted octanol–water partition coefficient (Wildman–Crippen LogP) is 2.17. The largest absolute Gasteiger partial charge is 0.497 e. The monoisotopic (exact) mass is 455 g/mol. The number of hydrogen-bond donors (Lipinski definition) is 1. The number of hydrogen-bond acceptors (Lipinski definition) is 6. The lowest BCUT2D eigenvalue weighted by Crippen LogP contribution is -2.59. The molecule has 4 rings (SSSR count). The zero-order chi connectivity index (χ0) is 23.4. The van der Waals surface area contributed by atoms with Crippen LogP contribution in [0.4, 0.5) is 0 Å². The smallest absolute Gasteiger partial charge is 0.256 e. The summed E-state index contributed by atoms with van der Waals surface area (Å²) in [4.78, 5) is 42.3. The summed E-state index contributed by atoms with van der Waals surface area (Å²) >= 11 is 0. The summed E-state index contributed by atoms with van der Waals surface area (Å²) in [5, 5.41) is 2.85. The van der Waals surface area contributed by atoms with E-state index in [-0.39, 0.29) is 30.9 Å². The number of nitrogens with zero attached hydrogens (tertiary/aromatic N) is 2. The van der Waals surface area contributed by atoms with Crippen LogP contribution in [0.25, 0.3) is 0 Å². The maximum Gasteiger partial charge on any atom is 0.256 e. The third kappa shape index (κ3) is 4.59. The Morgan fingerprint density at radius 3 is 2.48 bits per heavy atom. The van der Waals surface area contributed by atoms with Gasteiger partial charge in [0.25, 0.3) is 5.91 Å². The average Bonchev–Trinajstić information content (AvgIpc) is 3.50. The first-order chi connectivity index (χ1) is 16.0. The van der Waals surface area contributed by atoms with Crippen LogP contribution in [0.1, 0.15) is 42.3 Å². The van der Waals surface area contributed by atoms with Gasteiger partial charge in [-0.3, -0.25) is 19.3 Å². The van der Waals surface area contributed by atoms with Crippen LogP contribution in [0.5, 0.6) is 5.75 Å². The molecule has 176 valence electrons. The van der Waals surface area contributed by atoms with Crippen LogP contribution < -0.4 is 10.1 Å². The van der Waals surface area contributed by atoms with Crippen molar-refractivity contribution >= 4 is 17.7 Å². The molecule has 9 nitrogen and oxygen atoms in total. The topological polar surface area (TPSA) is 101 Å². The number of likely N-dealkylation sites (tertiary alicyclic amines) is 1. The van der Waals surface area contributed by atoms with Gasteiger partial charge in [0.15, 0.2) is 0 Å². The number of ether oxygens (including phenoxy) is 2. The minimum Gasteiger partial charge on any atom is -0.497 e. The molecular formula is C24H29N3O6. The lowest BCUT2D eigenvalue weighted by molar-refractivity contribution is -0.143. The van der Waals surface area contributed by atoms with Crippen molar-refractivity contribution in [2.75, 3.05) is 26.8 Å². The van der Waals surface area contributed by atoms with Gasteiger partial charge in [0, 0.05) is 37.9 Å². The fourth-order valence-electron chi connectivity index (χ4n) is 4.47. The molecule has 0 bridgehead atoms. The summed E-state index contributed by atoms with van der Waals surface area (Å²) < 4.78 is 16.7. The number of carbonyl (C=O) groups excluding carboxylic acids is 3. The quantitative estimate of drug-likeness (QED) is 0.717. The number of rotatable bonds is 6. The molecular weight excluding hydrogens is 426 g/mol. The average molecular weight is 456 g/mol. The highest BCUT2D eigenvalue weighted by molar-refractivity contribution is 5.98. The second-order valence-electron chi connectivity index (χ2n) is 8.21. The van der Waals surface area contributed by atoms with E-state index in [2.05, 4.69) is 5.32 Å². The maximum atomic E-state index is 13.7. The second kappa shape index (κ2) is 9.66. The molecule has 2 aliphatic rings. The fourth-order valence-corrected chi connectivity index (χ4v) is 4.47. The van der Waals surface area contributed by atoms with Crippen molar-refractivity contribution in [2.24, 2.45) is 0 Å². The van der Waals surface area contributed by atoms with Crippen molar-refractivity contribution < 1.29 is 28.3 Å². The molecule has 9 heteroatoms. The molecule has 1 spiro atoms. The molecule has 2 aliphatic heterocycles. The van der Waals surface area contributed by atoms with Gasteiger partial charge in [-0.15, -0.1) is 0 Å². The highest BCUT2D eigenvalue weighted by Gasteiger charge is 2.54. The molecule has 1 atom stereocenters. The van der Waals surface area contributed by atoms with E-state index in [9.17, 15) is 14.4 Å². The highest BCUT2D eigenvalue weighted by Crippen LogP contribution is 2.38. The van der Waals surface area contributed by atoms with Gasteiger partial charge >= 0.3 is 0 Å². The van der Waals surface area contributed by atoms with Gasteiger partial charge in [-0.2, -0.15) is 0 Å². The molecule has 0 saturated carbocycles. The summed E-state index contributed by atoms with van der Waals surface area (Å²) in [5.41, 5.74) is -0.495. The Morgan fingerprint density at radius 2 is 1.88 bits per heavy atom. The molecule has 2 saturated heterocycles. The Morgan fingerprint density at radius 1 is 1.15 bits per heavy atom. The Labute approximate surface area is 192 Å². The van der Waals surface area contributed by atoms with Crippen LogP contribution >= 0.6 is 0 Å². The number of methoxy groups -OCH3 is 1. The molecule has 1 N–H and O–H groups in total. The van der Waals surface area contributed by atoms with E-state index < -0.39 is 11.8 Å². The summed E-state index contributed by atoms with van der Waals surface area (Å²) in [7, 11) is 1.56. The van der Waals surface area contributed by atoms with Gasteiger partial charge in [-0.25, -0.2) is 0 Å². The normalized spacial score (nSPS) is 19.5. The van der Waals surface area contributed by atoms with Crippen molar-refractivity contribution in [2.45, 2.75) is 44.5 Å². The number of amides is 3. The van der Waals surface area contributed by atoms with Crippen LogP contribution in [-0.2, 0) is 20.9 Å². The first-order valence-corrected chi connectivity index (χ1v) is 11.2. The summed E-state index contributed by atoms with van der Waals surface area (Å²) in [5.74, 6) is 0.735. The first-order valence-electron chi connectivity index (χ1n) is 11.2. The minimum atomic E-state index is -0.936. The zero-order valence-electron chi connectivity index (χ0n) is 18.9. The van der Waals surface area contributed by atoms with E-state index in [0.29, 0.717) is 49.4 Å². The summed E-state index contributed by atoms with van der Waals surface area (Å²) in [6.45, 7) is 3.09. The van der Waals surface area contributed by atoms with E-state index in [1.807, 2.05) is 6.92 Å². The maximum absolute atomic E-state index is 13.7. The van der Waals surface area contributed by atoms with Crippen molar-refractivity contribution in [3.8, 4) is 5.75 Å². The van der Waals surface area contributed by atoms with E-state index >= 15 is 0 Å². The van der Waals surface area contributed by atoms with Gasteiger partial charge in [0.05, 0.1) is 26.5 Å². The van der Waals surface area contributed by atoms with Gasteiger partial charge < -0.3 is 24.1 Å². The van der Waals surface area contributed by atoms with Crippen LogP contribution in [0, 0.1) is 0 Å². The predicted molar refractivity (Wildman–Crippen MR) is 118 cm³/mol. The summed E-state index contributed by atoms with van der Waals surface area (Å²) in [6.07, 6.45) is 2.87. The SMILES string of the molecule is CCC(=O)N1CCC2(CC1)OCC(C(=O)NCc1ccco1)N2C(=O)c1ccc(OC)cc1. The third-order valence-electron chi connectivity index (χ3n) is 6.34. The number of benzene rings is 1. The molecule has 2 aromatic rings. The standard InChI is InChI=1S/C24H29N3O6/c1-3-21(28)26-12-10-24(11-13-26)27(23(30)17-6-8-18(31-2)9-7-17)20(16-33-24)22(29)25-15-19-5-4-14-32-19/h4-9,14,20H,3,10-13,15-16H2,1-2H3,(H,25,29). The molecule has 1 aromatic heterocycles. The minimum absolute atomic E-state index is 0.0728. The van der Waals surface area contributed by atoms with E-state index in [1.165, 1.54) is 0 Å². The number of carbonyl (C=O) groups is 3. The van der Waals surface area contributed by atoms with Crippen LogP contribution in [0.2, 0.25) is 0 Å². The summed E-state index contributed by atoms with van der Waals surface area (Å²) in [6, 6.07) is 9.52. The van der Waals surface area contributed by atoms with Crippen molar-refractivity contribution in [3.05, 3.63) is 54.0 Å². The fraction of sp³-hybridized carbons (Fsp3) is 0.458. The molecule has 1 aromatic carbocycles. The first kappa shape index (κ1) is 22.8. The van der Waals surface area contributed by atoms with E-state index in [4.69, 9.17) is 13.9 Å². The lowest BCUT2D eigenvalue weighted by atomic mass is 9.96. The molecule has 2 fully saturated rings. The van der Waals surface area contributed by atoms with Gasteiger partial charge in [-0.05, 0) is 36.4 Å². The Bertz CT molecular complexity index is 980.